The lowest BCUT2D eigenvalue weighted by molar-refractivity contribution is -0.140. The Kier molecular flexibility index (Phi) is 5.73. The smallest absolute Gasteiger partial charge is 0.395 e. The number of H-pyrrole nitrogens is 1. The van der Waals surface area contributed by atoms with Crippen molar-refractivity contribution in [2.24, 2.45) is 5.14 Å². The molecule has 1 aliphatic rings. The van der Waals surface area contributed by atoms with Crippen molar-refractivity contribution in [3.63, 3.8) is 0 Å². The summed E-state index contributed by atoms with van der Waals surface area (Å²) in [6, 6.07) is 8.90. The van der Waals surface area contributed by atoms with E-state index in [0.29, 0.717) is 16.7 Å². The van der Waals surface area contributed by atoms with Crippen molar-refractivity contribution in [2.75, 3.05) is 20.0 Å². The minimum absolute atomic E-state index is 0.00870. The third kappa shape index (κ3) is 3.76. The maximum absolute atomic E-state index is 13.9. The summed E-state index contributed by atoms with van der Waals surface area (Å²) >= 11 is 0. The summed E-state index contributed by atoms with van der Waals surface area (Å²) in [5.74, 6) is -0.0999. The molecule has 2 aromatic carbocycles. The number of alkyl halides is 3. The zero-order chi connectivity index (χ0) is 23.1. The highest BCUT2D eigenvalue weighted by molar-refractivity contribution is 8.24. The molecule has 0 spiro atoms. The van der Waals surface area contributed by atoms with Gasteiger partial charge in [-0.1, -0.05) is 37.3 Å². The number of nitrogens with two attached hydrogens (primary N) is 1. The van der Waals surface area contributed by atoms with E-state index < -0.39 is 27.9 Å². The van der Waals surface area contributed by atoms with Crippen molar-refractivity contribution in [3.8, 4) is 22.5 Å². The number of halogens is 3. The van der Waals surface area contributed by atoms with Crippen molar-refractivity contribution >= 4 is 10.8 Å². The predicted octanol–water partition coefficient (Wildman–Crippen LogP) is 2.67. The fraction of sp³-hybridized carbons (Fsp3) is 0.316. The SMILES string of the molecule is CC(CO)(CO)c1ccc(-c2ccc(C(F)(F)F)c(S3(N)OCO3)c2-c2nn[nH]n2)cc1. The molecule has 1 aromatic heterocycles. The minimum atomic E-state index is -4.73. The van der Waals surface area contributed by atoms with Crippen molar-refractivity contribution in [3.05, 3.63) is 47.5 Å². The van der Waals surface area contributed by atoms with E-state index in [9.17, 15) is 23.4 Å². The van der Waals surface area contributed by atoms with E-state index in [0.717, 1.165) is 6.07 Å². The highest BCUT2D eigenvalue weighted by Crippen LogP contribution is 2.63. The molecule has 0 amide bonds. The molecule has 1 fully saturated rings. The first-order chi connectivity index (χ1) is 15.1. The molecule has 2 heterocycles. The average Bonchev–Trinajstić information content (AvgIpc) is 3.30. The highest BCUT2D eigenvalue weighted by Gasteiger charge is 2.44. The van der Waals surface area contributed by atoms with Crippen molar-refractivity contribution in [1.82, 2.24) is 20.6 Å². The van der Waals surface area contributed by atoms with Crippen LogP contribution in [-0.4, -0.2) is 50.8 Å². The molecule has 1 saturated heterocycles. The van der Waals surface area contributed by atoms with Gasteiger partial charge in [-0.15, -0.1) is 21.0 Å². The number of hydrogen-bond acceptors (Lipinski definition) is 8. The van der Waals surface area contributed by atoms with Crippen LogP contribution in [0.1, 0.15) is 18.1 Å². The minimum Gasteiger partial charge on any atom is -0.395 e. The molecule has 32 heavy (non-hydrogen) atoms. The lowest BCUT2D eigenvalue weighted by atomic mass is 9.83. The van der Waals surface area contributed by atoms with Crippen LogP contribution in [0.25, 0.3) is 22.5 Å². The van der Waals surface area contributed by atoms with Gasteiger partial charge >= 0.3 is 6.18 Å². The Morgan fingerprint density at radius 3 is 2.22 bits per heavy atom. The quantitative estimate of drug-likeness (QED) is 0.430. The molecule has 172 valence electrons. The summed E-state index contributed by atoms with van der Waals surface area (Å²) in [7, 11) is -3.17. The standard InChI is InChI=1S/C19H20F3N5O4S/c1-18(8-28,9-29)12-4-2-11(3-5-12)13-6-7-14(19(20,21)22)16(32(23)30-10-31-32)15(13)17-24-26-27-25-17/h2-7,28-29H,8-10,23H2,1H3,(H,24,25,26,27). The molecular weight excluding hydrogens is 451 g/mol. The summed E-state index contributed by atoms with van der Waals surface area (Å²) in [5.41, 5.74) is -0.352. The third-order valence-electron chi connectivity index (χ3n) is 5.35. The normalized spacial score (nSPS) is 17.1. The van der Waals surface area contributed by atoms with Crippen LogP contribution in [0.5, 0.6) is 0 Å². The van der Waals surface area contributed by atoms with Crippen LogP contribution in [0, 0.1) is 0 Å². The molecule has 5 N–H and O–H groups in total. The van der Waals surface area contributed by atoms with Gasteiger partial charge in [-0.25, -0.2) is 13.5 Å². The molecule has 3 aromatic rings. The van der Waals surface area contributed by atoms with Crippen molar-refractivity contribution < 1.29 is 31.8 Å². The van der Waals surface area contributed by atoms with E-state index in [2.05, 4.69) is 20.6 Å². The van der Waals surface area contributed by atoms with Gasteiger partial charge in [-0.05, 0) is 28.0 Å². The van der Waals surface area contributed by atoms with Crippen molar-refractivity contribution in [1.29, 1.82) is 0 Å². The summed E-state index contributed by atoms with van der Waals surface area (Å²) in [5, 5.41) is 38.8. The average molecular weight is 471 g/mol. The zero-order valence-electron chi connectivity index (χ0n) is 16.8. The Morgan fingerprint density at radius 1 is 1.09 bits per heavy atom. The molecule has 0 saturated carbocycles. The van der Waals surface area contributed by atoms with Gasteiger partial charge < -0.3 is 10.2 Å². The largest absolute Gasteiger partial charge is 0.418 e. The number of hydrogen-bond donors (Lipinski definition) is 4. The lowest BCUT2D eigenvalue weighted by Gasteiger charge is -2.47. The Labute approximate surface area is 182 Å². The number of aromatic amines is 1. The Morgan fingerprint density at radius 2 is 1.75 bits per heavy atom. The van der Waals surface area contributed by atoms with Crippen molar-refractivity contribution in [2.45, 2.75) is 23.4 Å². The molecular formula is C19H20F3N5O4S. The first kappa shape index (κ1) is 22.6. The van der Waals surface area contributed by atoms with E-state index in [1.165, 1.54) is 6.07 Å². The Bertz CT molecular complexity index is 1100. The molecule has 0 bridgehead atoms. The van der Waals surface area contributed by atoms with Gasteiger partial charge in [-0.3, -0.25) is 0 Å². The number of benzene rings is 2. The molecule has 9 nitrogen and oxygen atoms in total. The predicted molar refractivity (Wildman–Crippen MR) is 109 cm³/mol. The van der Waals surface area contributed by atoms with Gasteiger partial charge in [0.1, 0.15) is 0 Å². The lowest BCUT2D eigenvalue weighted by Crippen LogP contribution is -2.31. The van der Waals surface area contributed by atoms with Gasteiger partial charge in [0.15, 0.2) is 6.79 Å². The van der Waals surface area contributed by atoms with E-state index in [1.807, 2.05) is 0 Å². The molecule has 0 atom stereocenters. The van der Waals surface area contributed by atoms with Gasteiger partial charge in [0.25, 0.3) is 0 Å². The molecule has 4 rings (SSSR count). The number of nitrogens with zero attached hydrogens (tertiary/aromatic N) is 3. The van der Waals surface area contributed by atoms with Gasteiger partial charge in [0, 0.05) is 5.41 Å². The van der Waals surface area contributed by atoms with E-state index in [4.69, 9.17) is 13.5 Å². The molecule has 13 heteroatoms. The van der Waals surface area contributed by atoms with Crippen LogP contribution in [-0.2, 0) is 20.0 Å². The summed E-state index contributed by atoms with van der Waals surface area (Å²) in [6.45, 7) is 0.897. The highest BCUT2D eigenvalue weighted by atomic mass is 32.3. The van der Waals surface area contributed by atoms with Gasteiger partial charge in [0.2, 0.25) is 5.82 Å². The number of aliphatic hydroxyl groups excluding tert-OH is 2. The van der Waals surface area contributed by atoms with Crippen LogP contribution < -0.4 is 5.14 Å². The van der Waals surface area contributed by atoms with Crippen LogP contribution in [0.2, 0.25) is 0 Å². The van der Waals surface area contributed by atoms with Crippen LogP contribution in [0.15, 0.2) is 41.3 Å². The Hall–Kier alpha value is -2.55. The van der Waals surface area contributed by atoms with E-state index in [1.54, 1.807) is 31.2 Å². The monoisotopic (exact) mass is 471 g/mol. The number of rotatable bonds is 6. The number of aromatic nitrogens is 4. The Balaban J connectivity index is 1.95. The number of aliphatic hydroxyl groups is 2. The first-order valence-corrected chi connectivity index (χ1v) is 10.9. The summed E-state index contributed by atoms with van der Waals surface area (Å²) in [6.07, 6.45) is -4.73. The molecule has 1 aliphatic heterocycles. The number of tetrazole rings is 1. The van der Waals surface area contributed by atoms with Gasteiger partial charge in [0.05, 0.1) is 29.2 Å². The second-order valence-electron chi connectivity index (χ2n) is 7.45. The molecule has 0 unspecified atom stereocenters. The van der Waals surface area contributed by atoms with E-state index in [-0.39, 0.29) is 36.3 Å². The maximum atomic E-state index is 13.9. The van der Waals surface area contributed by atoms with Crippen LogP contribution >= 0.6 is 10.8 Å². The first-order valence-electron chi connectivity index (χ1n) is 9.33. The fourth-order valence-corrected chi connectivity index (χ4v) is 4.90. The molecule has 0 aliphatic carbocycles. The van der Waals surface area contributed by atoms with Gasteiger partial charge in [-0.2, -0.15) is 18.4 Å². The second kappa shape index (κ2) is 8.10. The zero-order valence-corrected chi connectivity index (χ0v) is 17.6. The van der Waals surface area contributed by atoms with Crippen LogP contribution in [0.4, 0.5) is 13.2 Å². The molecule has 0 radical (unpaired) electrons. The third-order valence-corrected chi connectivity index (χ3v) is 7.24. The number of nitrogens with one attached hydrogen (secondary N) is 1. The second-order valence-corrected chi connectivity index (χ2v) is 9.42. The van der Waals surface area contributed by atoms with Crippen LogP contribution in [0.3, 0.4) is 0 Å². The van der Waals surface area contributed by atoms with E-state index >= 15 is 0 Å². The topological polar surface area (TPSA) is 139 Å². The maximum Gasteiger partial charge on any atom is 0.418 e. The summed E-state index contributed by atoms with van der Waals surface area (Å²) < 4.78 is 52.2. The summed E-state index contributed by atoms with van der Waals surface area (Å²) in [4.78, 5) is -0.380. The fourth-order valence-electron chi connectivity index (χ4n) is 3.39.